The van der Waals surface area contributed by atoms with Crippen LogP contribution in [-0.4, -0.2) is 26.2 Å². The van der Waals surface area contributed by atoms with Crippen LogP contribution in [0.1, 0.15) is 16.2 Å². The minimum Gasteiger partial charge on any atom is -0.478 e. The summed E-state index contributed by atoms with van der Waals surface area (Å²) < 4.78 is 10.8. The molecule has 4 aromatic rings. The maximum atomic E-state index is 11.6. The number of fused-ring (bicyclic) bond motifs is 1. The molecule has 2 N–H and O–H groups in total. The van der Waals surface area contributed by atoms with Gasteiger partial charge in [-0.25, -0.2) is 4.79 Å². The fourth-order valence-corrected chi connectivity index (χ4v) is 2.72. The molecular formula is C19H13N3O5. The minimum absolute atomic E-state index is 0.0878. The van der Waals surface area contributed by atoms with Gasteiger partial charge in [-0.05, 0) is 30.3 Å². The Hall–Kier alpha value is -3.94. The number of ether oxygens (including phenoxy) is 1. The van der Waals surface area contributed by atoms with E-state index in [4.69, 9.17) is 9.26 Å². The van der Waals surface area contributed by atoms with Gasteiger partial charge in [0.1, 0.15) is 11.5 Å². The number of pyridine rings is 1. The number of nitrogens with one attached hydrogen (secondary N) is 1. The highest BCUT2D eigenvalue weighted by atomic mass is 16.5. The highest BCUT2D eigenvalue weighted by molar-refractivity contribution is 6.02. The van der Waals surface area contributed by atoms with Crippen molar-refractivity contribution in [2.75, 3.05) is 0 Å². The first-order valence-electron chi connectivity index (χ1n) is 7.98. The second kappa shape index (κ2) is 6.41. The Labute approximate surface area is 152 Å². The number of aryl methyl sites for hydroxylation is 1. The van der Waals surface area contributed by atoms with Crippen LogP contribution in [0.4, 0.5) is 0 Å². The summed E-state index contributed by atoms with van der Waals surface area (Å²) in [6.07, 6.45) is 0. The third kappa shape index (κ3) is 3.28. The molecule has 0 aliphatic carbocycles. The fourth-order valence-electron chi connectivity index (χ4n) is 2.72. The zero-order valence-electron chi connectivity index (χ0n) is 14.1. The number of hydrogen-bond donors (Lipinski definition) is 2. The van der Waals surface area contributed by atoms with E-state index in [0.717, 1.165) is 11.6 Å². The summed E-state index contributed by atoms with van der Waals surface area (Å²) in [7, 11) is 0. The van der Waals surface area contributed by atoms with Crippen molar-refractivity contribution in [2.45, 2.75) is 6.92 Å². The Bertz CT molecular complexity index is 1230. The molecule has 4 rings (SSSR count). The fraction of sp³-hybridized carbons (Fsp3) is 0.0526. The van der Waals surface area contributed by atoms with Gasteiger partial charge in [-0.15, -0.1) is 0 Å². The molecule has 8 heteroatoms. The van der Waals surface area contributed by atoms with Gasteiger partial charge in [-0.3, -0.25) is 4.79 Å². The van der Waals surface area contributed by atoms with Gasteiger partial charge in [0, 0.05) is 29.5 Å². The molecule has 0 unspecified atom stereocenters. The average Bonchev–Trinajstić information content (AvgIpc) is 3.08. The van der Waals surface area contributed by atoms with E-state index < -0.39 is 11.5 Å². The zero-order valence-corrected chi connectivity index (χ0v) is 14.1. The van der Waals surface area contributed by atoms with Crippen LogP contribution < -0.4 is 10.3 Å². The van der Waals surface area contributed by atoms with E-state index in [1.165, 1.54) is 0 Å². The normalized spacial score (nSPS) is 10.9. The summed E-state index contributed by atoms with van der Waals surface area (Å²) >= 11 is 0. The lowest BCUT2D eigenvalue weighted by molar-refractivity contribution is 0.0699. The summed E-state index contributed by atoms with van der Waals surface area (Å²) in [4.78, 5) is 29.8. The molecule has 8 nitrogen and oxygen atoms in total. The van der Waals surface area contributed by atoms with Crippen molar-refractivity contribution in [3.63, 3.8) is 0 Å². The number of hydrogen-bond acceptors (Lipinski definition) is 6. The van der Waals surface area contributed by atoms with Gasteiger partial charge in [-0.2, -0.15) is 4.98 Å². The summed E-state index contributed by atoms with van der Waals surface area (Å²) in [5.74, 6) is 0.676. The summed E-state index contributed by atoms with van der Waals surface area (Å²) in [5.41, 5.74) is 0.580. The van der Waals surface area contributed by atoms with Gasteiger partial charge in [0.25, 0.3) is 0 Å². The van der Waals surface area contributed by atoms with Crippen LogP contribution in [0.2, 0.25) is 0 Å². The molecule has 0 aliphatic rings. The molecular weight excluding hydrogens is 350 g/mol. The van der Waals surface area contributed by atoms with E-state index in [9.17, 15) is 14.7 Å². The maximum absolute atomic E-state index is 11.6. The van der Waals surface area contributed by atoms with Gasteiger partial charge < -0.3 is 19.4 Å². The van der Waals surface area contributed by atoms with Crippen LogP contribution in [0.25, 0.3) is 22.3 Å². The van der Waals surface area contributed by atoms with E-state index in [1.807, 2.05) is 6.07 Å². The third-order valence-corrected chi connectivity index (χ3v) is 3.90. The highest BCUT2D eigenvalue weighted by Crippen LogP contribution is 2.28. The molecule has 0 saturated carbocycles. The van der Waals surface area contributed by atoms with E-state index in [2.05, 4.69) is 15.1 Å². The molecule has 2 aromatic carbocycles. The highest BCUT2D eigenvalue weighted by Gasteiger charge is 2.12. The van der Waals surface area contributed by atoms with Gasteiger partial charge >= 0.3 is 5.97 Å². The Morgan fingerprint density at radius 3 is 2.70 bits per heavy atom. The maximum Gasteiger partial charge on any atom is 0.336 e. The number of aromatic carboxylic acids is 1. The number of benzene rings is 2. The van der Waals surface area contributed by atoms with E-state index in [0.29, 0.717) is 34.1 Å². The molecule has 27 heavy (non-hydrogen) atoms. The number of carboxylic acid groups (broad SMARTS) is 1. The molecule has 134 valence electrons. The number of carboxylic acids is 1. The number of aromatic amines is 1. The molecule has 0 amide bonds. The first kappa shape index (κ1) is 16.5. The molecule has 0 bridgehead atoms. The Balaban J connectivity index is 1.72. The number of rotatable bonds is 4. The van der Waals surface area contributed by atoms with Gasteiger partial charge in [0.2, 0.25) is 17.3 Å². The molecule has 0 radical (unpaired) electrons. The lowest BCUT2D eigenvalue weighted by atomic mass is 10.1. The van der Waals surface area contributed by atoms with Gasteiger partial charge in [0.15, 0.2) is 0 Å². The number of H-pyrrole nitrogens is 1. The smallest absolute Gasteiger partial charge is 0.336 e. The monoisotopic (exact) mass is 363 g/mol. The summed E-state index contributed by atoms with van der Waals surface area (Å²) in [5, 5.41) is 13.6. The van der Waals surface area contributed by atoms with Crippen LogP contribution in [0, 0.1) is 6.92 Å². The second-order valence-electron chi connectivity index (χ2n) is 5.83. The van der Waals surface area contributed by atoms with Gasteiger partial charge in [-0.1, -0.05) is 17.3 Å². The van der Waals surface area contributed by atoms with Crippen molar-refractivity contribution in [2.24, 2.45) is 0 Å². The van der Waals surface area contributed by atoms with Crippen molar-refractivity contribution < 1.29 is 19.2 Å². The molecule has 0 saturated heterocycles. The van der Waals surface area contributed by atoms with E-state index >= 15 is 0 Å². The van der Waals surface area contributed by atoms with Crippen LogP contribution >= 0.6 is 0 Å². The number of aromatic nitrogens is 3. The molecule has 0 aliphatic heterocycles. The van der Waals surface area contributed by atoms with Crippen LogP contribution in [0.5, 0.6) is 11.5 Å². The lowest BCUT2D eigenvalue weighted by Gasteiger charge is -2.09. The Morgan fingerprint density at radius 2 is 1.96 bits per heavy atom. The molecule has 0 atom stereocenters. The zero-order chi connectivity index (χ0) is 19.0. The van der Waals surface area contributed by atoms with Crippen molar-refractivity contribution in [3.8, 4) is 22.9 Å². The largest absolute Gasteiger partial charge is 0.478 e. The quantitative estimate of drug-likeness (QED) is 0.570. The first-order chi connectivity index (χ1) is 13.0. The van der Waals surface area contributed by atoms with Crippen molar-refractivity contribution >= 4 is 16.9 Å². The van der Waals surface area contributed by atoms with Crippen LogP contribution in [0.3, 0.4) is 0 Å². The standard InChI is InChI=1S/C19H13N3O5/c1-10-20-18(22-27-10)11-3-2-4-12(7-11)26-13-5-6-16-14(8-13)15(19(24)25)9-17(23)21-16/h2-9H,1H3,(H,21,23)(H,24,25). The van der Waals surface area contributed by atoms with Crippen LogP contribution in [-0.2, 0) is 0 Å². The summed E-state index contributed by atoms with van der Waals surface area (Å²) in [6.45, 7) is 1.70. The summed E-state index contributed by atoms with van der Waals surface area (Å²) in [6, 6.07) is 13.0. The van der Waals surface area contributed by atoms with E-state index in [-0.39, 0.29) is 5.56 Å². The predicted octanol–water partition coefficient (Wildman–Crippen LogP) is 3.38. The van der Waals surface area contributed by atoms with Crippen molar-refractivity contribution in [3.05, 3.63) is 70.3 Å². The third-order valence-electron chi connectivity index (χ3n) is 3.90. The molecule has 0 fully saturated rings. The number of carbonyl (C=O) groups is 1. The molecule has 2 aromatic heterocycles. The number of nitrogens with zero attached hydrogens (tertiary/aromatic N) is 2. The van der Waals surface area contributed by atoms with Crippen LogP contribution in [0.15, 0.2) is 57.8 Å². The van der Waals surface area contributed by atoms with E-state index in [1.54, 1.807) is 43.3 Å². The average molecular weight is 363 g/mol. The molecule has 0 spiro atoms. The second-order valence-corrected chi connectivity index (χ2v) is 5.83. The SMILES string of the molecule is Cc1nc(-c2cccc(Oc3ccc4[nH]c(=O)cc(C(=O)O)c4c3)c2)no1. The predicted molar refractivity (Wildman–Crippen MR) is 96.1 cm³/mol. The van der Waals surface area contributed by atoms with Gasteiger partial charge in [0.05, 0.1) is 5.56 Å². The minimum atomic E-state index is -1.18. The Morgan fingerprint density at radius 1 is 1.15 bits per heavy atom. The van der Waals surface area contributed by atoms with Crippen molar-refractivity contribution in [1.29, 1.82) is 0 Å². The lowest BCUT2D eigenvalue weighted by Crippen LogP contribution is -2.10. The van der Waals surface area contributed by atoms with Crippen molar-refractivity contribution in [1.82, 2.24) is 15.1 Å². The first-order valence-corrected chi connectivity index (χ1v) is 7.98. The Kier molecular flexibility index (Phi) is 3.92. The molecule has 2 heterocycles. The topological polar surface area (TPSA) is 118 Å².